The van der Waals surface area contributed by atoms with Gasteiger partial charge in [-0.05, 0) is 57.0 Å². The molecule has 0 unspecified atom stereocenters. The number of aryl methyl sites for hydroxylation is 2. The van der Waals surface area contributed by atoms with Crippen molar-refractivity contribution in [2.75, 3.05) is 13.1 Å². The van der Waals surface area contributed by atoms with Crippen molar-refractivity contribution in [1.29, 1.82) is 0 Å². The molecule has 1 aromatic heterocycles. The molecule has 1 fully saturated rings. The average molecular weight is 357 g/mol. The zero-order valence-electron chi connectivity index (χ0n) is 15.0. The van der Waals surface area contributed by atoms with Gasteiger partial charge in [-0.15, -0.1) is 0 Å². The summed E-state index contributed by atoms with van der Waals surface area (Å²) in [7, 11) is 0. The van der Waals surface area contributed by atoms with E-state index in [9.17, 15) is 19.5 Å². The first-order valence-corrected chi connectivity index (χ1v) is 8.80. The van der Waals surface area contributed by atoms with E-state index in [0.29, 0.717) is 5.69 Å². The van der Waals surface area contributed by atoms with Gasteiger partial charge < -0.3 is 10.1 Å². The number of carboxylic acids is 1. The van der Waals surface area contributed by atoms with Crippen molar-refractivity contribution in [1.82, 2.24) is 14.5 Å². The predicted octanol–water partition coefficient (Wildman–Crippen LogP) is 1.83. The smallest absolute Gasteiger partial charge is 0.352 e. The molecule has 2 N–H and O–H groups in total. The molecule has 26 heavy (non-hydrogen) atoms. The minimum Gasteiger partial charge on any atom is -0.477 e. The summed E-state index contributed by atoms with van der Waals surface area (Å²) in [5, 5.41) is 9.47. The van der Waals surface area contributed by atoms with Crippen LogP contribution in [0.15, 0.2) is 27.8 Å². The Morgan fingerprint density at radius 3 is 2.50 bits per heavy atom. The van der Waals surface area contributed by atoms with Gasteiger partial charge in [-0.25, -0.2) is 14.2 Å². The summed E-state index contributed by atoms with van der Waals surface area (Å²) in [6.07, 6.45) is 3.19. The Hall–Kier alpha value is -2.67. The van der Waals surface area contributed by atoms with E-state index in [2.05, 4.69) is 9.88 Å². The number of piperidine rings is 1. The summed E-state index contributed by atoms with van der Waals surface area (Å²) < 4.78 is 1.05. The van der Waals surface area contributed by atoms with Gasteiger partial charge in [0.1, 0.15) is 5.69 Å². The van der Waals surface area contributed by atoms with Gasteiger partial charge in [0.2, 0.25) is 0 Å². The maximum absolute atomic E-state index is 13.1. The number of benzene rings is 1. The van der Waals surface area contributed by atoms with Crippen molar-refractivity contribution in [2.45, 2.75) is 39.7 Å². The van der Waals surface area contributed by atoms with Crippen molar-refractivity contribution in [3.8, 4) is 5.69 Å². The summed E-state index contributed by atoms with van der Waals surface area (Å²) in [6, 6.07) is 5.50. The van der Waals surface area contributed by atoms with Crippen LogP contribution in [0.2, 0.25) is 0 Å². The largest absolute Gasteiger partial charge is 0.477 e. The molecule has 2 heterocycles. The van der Waals surface area contributed by atoms with E-state index in [-0.39, 0.29) is 17.8 Å². The molecular formula is C19H23N3O4. The SMILES string of the molecule is Cc1ccc(C)c(-n2c(=O)[nH]c(C(=O)O)c(CN3CCCCC3)c2=O)c1. The third-order valence-electron chi connectivity index (χ3n) is 4.85. The first-order chi connectivity index (χ1) is 12.4. The molecule has 1 aliphatic heterocycles. The molecule has 0 bridgehead atoms. The third-order valence-corrected chi connectivity index (χ3v) is 4.85. The molecule has 0 saturated carbocycles. The standard InChI is InChI=1S/C19H23N3O4/c1-12-6-7-13(2)15(10-12)22-17(23)14(11-21-8-4-3-5-9-21)16(18(24)25)20-19(22)26/h6-7,10H,3-5,8-9,11H2,1-2H3,(H,20,26)(H,24,25). The second kappa shape index (κ2) is 7.29. The highest BCUT2D eigenvalue weighted by molar-refractivity contribution is 5.86. The summed E-state index contributed by atoms with van der Waals surface area (Å²) in [5.41, 5.74) is 0.682. The number of H-pyrrole nitrogens is 1. The Bertz CT molecular complexity index is 952. The highest BCUT2D eigenvalue weighted by atomic mass is 16.4. The number of hydrogen-bond acceptors (Lipinski definition) is 4. The first-order valence-electron chi connectivity index (χ1n) is 8.80. The summed E-state index contributed by atoms with van der Waals surface area (Å²) >= 11 is 0. The van der Waals surface area contributed by atoms with Crippen LogP contribution >= 0.6 is 0 Å². The van der Waals surface area contributed by atoms with Crippen LogP contribution in [0.25, 0.3) is 5.69 Å². The lowest BCUT2D eigenvalue weighted by atomic mass is 10.1. The van der Waals surface area contributed by atoms with Gasteiger partial charge in [0, 0.05) is 6.54 Å². The molecule has 7 nitrogen and oxygen atoms in total. The van der Waals surface area contributed by atoms with Gasteiger partial charge in [0.05, 0.1) is 11.3 Å². The molecule has 1 saturated heterocycles. The van der Waals surface area contributed by atoms with Crippen molar-refractivity contribution < 1.29 is 9.90 Å². The maximum Gasteiger partial charge on any atom is 0.352 e. The van der Waals surface area contributed by atoms with Gasteiger partial charge in [-0.2, -0.15) is 0 Å². The van der Waals surface area contributed by atoms with Crippen LogP contribution < -0.4 is 11.2 Å². The zero-order chi connectivity index (χ0) is 18.8. The van der Waals surface area contributed by atoms with E-state index in [1.165, 1.54) is 0 Å². The lowest BCUT2D eigenvalue weighted by Crippen LogP contribution is -2.41. The summed E-state index contributed by atoms with van der Waals surface area (Å²) in [4.78, 5) is 41.7. The van der Waals surface area contributed by atoms with Gasteiger partial charge in [0.15, 0.2) is 0 Å². The van der Waals surface area contributed by atoms with Crippen LogP contribution in [0, 0.1) is 13.8 Å². The number of likely N-dealkylation sites (tertiary alicyclic amines) is 1. The van der Waals surface area contributed by atoms with Crippen molar-refractivity contribution in [2.24, 2.45) is 0 Å². The Balaban J connectivity index is 2.19. The molecule has 1 aliphatic rings. The third kappa shape index (κ3) is 3.48. The van der Waals surface area contributed by atoms with Crippen LogP contribution in [0.5, 0.6) is 0 Å². The Kier molecular flexibility index (Phi) is 5.08. The highest BCUT2D eigenvalue weighted by Crippen LogP contribution is 2.15. The van der Waals surface area contributed by atoms with Gasteiger partial charge in [-0.1, -0.05) is 18.6 Å². The summed E-state index contributed by atoms with van der Waals surface area (Å²) in [5.74, 6) is -1.29. The normalized spacial score (nSPS) is 15.2. The minimum absolute atomic E-state index is 0.125. The molecule has 0 spiro atoms. The molecule has 7 heteroatoms. The van der Waals surface area contributed by atoms with Crippen LogP contribution in [0.3, 0.4) is 0 Å². The highest BCUT2D eigenvalue weighted by Gasteiger charge is 2.23. The zero-order valence-corrected chi connectivity index (χ0v) is 15.0. The lowest BCUT2D eigenvalue weighted by molar-refractivity contribution is 0.0686. The molecule has 2 aromatic rings. The van der Waals surface area contributed by atoms with Crippen LogP contribution in [0.1, 0.15) is 46.4 Å². The number of hydrogen-bond donors (Lipinski definition) is 2. The van der Waals surface area contributed by atoms with E-state index in [0.717, 1.165) is 48.0 Å². The monoisotopic (exact) mass is 357 g/mol. The second-order valence-electron chi connectivity index (χ2n) is 6.86. The fourth-order valence-electron chi connectivity index (χ4n) is 3.42. The van der Waals surface area contributed by atoms with Crippen molar-refractivity contribution >= 4 is 5.97 Å². The molecule has 0 atom stereocenters. The van der Waals surface area contributed by atoms with Crippen molar-refractivity contribution in [3.63, 3.8) is 0 Å². The number of carboxylic acid groups (broad SMARTS) is 1. The van der Waals surface area contributed by atoms with E-state index < -0.39 is 17.2 Å². The molecule has 138 valence electrons. The Labute approximate surface area is 150 Å². The van der Waals surface area contributed by atoms with Crippen LogP contribution in [0.4, 0.5) is 0 Å². The van der Waals surface area contributed by atoms with E-state index in [4.69, 9.17) is 0 Å². The van der Waals surface area contributed by atoms with Crippen LogP contribution in [-0.2, 0) is 6.54 Å². The number of rotatable bonds is 4. The lowest BCUT2D eigenvalue weighted by Gasteiger charge is -2.26. The van der Waals surface area contributed by atoms with E-state index in [1.54, 1.807) is 6.07 Å². The summed E-state index contributed by atoms with van der Waals surface area (Å²) in [6.45, 7) is 5.56. The van der Waals surface area contributed by atoms with Gasteiger partial charge in [-0.3, -0.25) is 9.69 Å². The first kappa shape index (κ1) is 18.1. The molecule has 0 aliphatic carbocycles. The molecule has 1 aromatic carbocycles. The predicted molar refractivity (Wildman–Crippen MR) is 98.2 cm³/mol. The van der Waals surface area contributed by atoms with E-state index >= 15 is 0 Å². The number of nitrogens with zero attached hydrogens (tertiary/aromatic N) is 2. The van der Waals surface area contributed by atoms with Gasteiger partial charge in [0.25, 0.3) is 5.56 Å². The molecule has 0 radical (unpaired) electrons. The quantitative estimate of drug-likeness (QED) is 0.870. The Morgan fingerprint density at radius 2 is 1.85 bits per heavy atom. The molecule has 3 rings (SSSR count). The minimum atomic E-state index is -1.29. The number of aromatic nitrogens is 2. The van der Waals surface area contributed by atoms with Gasteiger partial charge >= 0.3 is 11.7 Å². The fraction of sp³-hybridized carbons (Fsp3) is 0.421. The van der Waals surface area contributed by atoms with Crippen LogP contribution in [-0.4, -0.2) is 38.6 Å². The number of nitrogens with one attached hydrogen (secondary N) is 1. The average Bonchev–Trinajstić information content (AvgIpc) is 2.61. The number of carbonyl (C=O) groups is 1. The topological polar surface area (TPSA) is 95.4 Å². The maximum atomic E-state index is 13.1. The Morgan fingerprint density at radius 1 is 1.15 bits per heavy atom. The second-order valence-corrected chi connectivity index (χ2v) is 6.86. The van der Waals surface area contributed by atoms with E-state index in [1.807, 2.05) is 26.0 Å². The molecular weight excluding hydrogens is 334 g/mol. The molecule has 0 amide bonds. The number of aromatic amines is 1. The fourth-order valence-corrected chi connectivity index (χ4v) is 3.42. The van der Waals surface area contributed by atoms with Crippen molar-refractivity contribution in [3.05, 3.63) is 61.4 Å². The number of aromatic carboxylic acids is 1.